The number of nitrogens with zero attached hydrogens (tertiary/aromatic N) is 3. The monoisotopic (exact) mass is 599 g/mol. The fraction of sp³-hybridized carbons (Fsp3) is 0.667. The van der Waals surface area contributed by atoms with Gasteiger partial charge in [-0.15, -0.1) is 0 Å². The molecule has 0 aliphatic heterocycles. The van der Waals surface area contributed by atoms with Crippen molar-refractivity contribution < 1.29 is 47.6 Å². The van der Waals surface area contributed by atoms with E-state index in [1.807, 2.05) is 0 Å². The zero-order chi connectivity index (χ0) is 31.8. The summed E-state index contributed by atoms with van der Waals surface area (Å²) in [6.45, 7) is 9.39. The molecule has 2 aromatic heterocycles. The largest absolute Gasteiger partial charge is 0.461 e. The molecule has 2 heterocycles. The highest BCUT2D eigenvalue weighted by Gasteiger charge is 2.51. The summed E-state index contributed by atoms with van der Waals surface area (Å²) in [5, 5.41) is 16.6. The second-order valence-corrected chi connectivity index (χ2v) is 11.1. The fourth-order valence-electron chi connectivity index (χ4n) is 3.45. The highest BCUT2D eigenvalue weighted by atomic mass is 19.2. The Hall–Kier alpha value is -3.40. The number of hydrogen-bond acceptors (Lipinski definition) is 13. The SMILES string of the molecule is COC(F)(COCN[C@@H](C)C(=O)OCC(C)(C)O)[C@@H](OC(=O)C(C)C)[C@@H](OC(=O)C(C)C)c1ccc2c(N)ncnn12. The number of nitrogen functional groups attached to an aromatic ring is 1. The zero-order valence-electron chi connectivity index (χ0n) is 25.3. The first kappa shape index (κ1) is 34.8. The lowest BCUT2D eigenvalue weighted by atomic mass is 10.0. The molecule has 0 saturated carbocycles. The number of methoxy groups -OCH3 is 1. The summed E-state index contributed by atoms with van der Waals surface area (Å²) >= 11 is 0. The molecule has 0 radical (unpaired) electrons. The van der Waals surface area contributed by atoms with Crippen LogP contribution >= 0.6 is 0 Å². The zero-order valence-corrected chi connectivity index (χ0v) is 25.3. The number of carbonyl (C=O) groups excluding carboxylic acids is 3. The average molecular weight is 600 g/mol. The van der Waals surface area contributed by atoms with Gasteiger partial charge in [0.15, 0.2) is 11.9 Å². The van der Waals surface area contributed by atoms with Gasteiger partial charge in [-0.2, -0.15) is 5.10 Å². The third-order valence-electron chi connectivity index (χ3n) is 5.98. The number of rotatable bonds is 16. The summed E-state index contributed by atoms with van der Waals surface area (Å²) in [5.74, 6) is -6.19. The van der Waals surface area contributed by atoms with Crippen molar-refractivity contribution in [3.8, 4) is 0 Å². The summed E-state index contributed by atoms with van der Waals surface area (Å²) in [5.41, 5.74) is 5.23. The molecule has 14 nitrogen and oxygen atoms in total. The van der Waals surface area contributed by atoms with E-state index in [-0.39, 0.29) is 24.8 Å². The number of anilines is 1. The Bertz CT molecular complexity index is 1220. The Morgan fingerprint density at radius 1 is 1.05 bits per heavy atom. The number of ether oxygens (including phenoxy) is 5. The van der Waals surface area contributed by atoms with Gasteiger partial charge in [0.25, 0.3) is 5.85 Å². The molecular weight excluding hydrogens is 557 g/mol. The molecular formula is C27H42FN5O9. The molecule has 2 aromatic rings. The Kier molecular flexibility index (Phi) is 12.2. The molecule has 4 atom stereocenters. The van der Waals surface area contributed by atoms with E-state index < -0.39 is 66.1 Å². The van der Waals surface area contributed by atoms with Crippen LogP contribution in [-0.4, -0.2) is 88.3 Å². The summed E-state index contributed by atoms with van der Waals surface area (Å²) in [6.07, 6.45) is -2.26. The molecule has 4 N–H and O–H groups in total. The van der Waals surface area contributed by atoms with E-state index in [1.165, 1.54) is 37.7 Å². The van der Waals surface area contributed by atoms with Crippen LogP contribution in [0, 0.1) is 11.8 Å². The molecule has 0 spiro atoms. The fourth-order valence-corrected chi connectivity index (χ4v) is 3.45. The molecule has 0 aliphatic rings. The first-order valence-electron chi connectivity index (χ1n) is 13.4. The van der Waals surface area contributed by atoms with Gasteiger partial charge >= 0.3 is 17.9 Å². The number of carbonyl (C=O) groups is 3. The van der Waals surface area contributed by atoms with Gasteiger partial charge in [-0.25, -0.2) is 13.9 Å². The van der Waals surface area contributed by atoms with Gasteiger partial charge in [-0.05, 0) is 32.9 Å². The van der Waals surface area contributed by atoms with E-state index in [1.54, 1.807) is 33.8 Å². The van der Waals surface area contributed by atoms with E-state index in [2.05, 4.69) is 15.4 Å². The Morgan fingerprint density at radius 3 is 2.24 bits per heavy atom. The molecule has 0 saturated heterocycles. The Balaban J connectivity index is 2.38. The third kappa shape index (κ3) is 9.31. The van der Waals surface area contributed by atoms with E-state index in [4.69, 9.17) is 29.4 Å². The van der Waals surface area contributed by atoms with Crippen molar-refractivity contribution >= 4 is 29.2 Å². The van der Waals surface area contributed by atoms with Gasteiger partial charge in [0.05, 0.1) is 29.9 Å². The predicted molar refractivity (Wildman–Crippen MR) is 147 cm³/mol. The van der Waals surface area contributed by atoms with Crippen molar-refractivity contribution in [2.45, 2.75) is 78.2 Å². The molecule has 236 valence electrons. The topological polar surface area (TPSA) is 186 Å². The van der Waals surface area contributed by atoms with Crippen LogP contribution in [0.15, 0.2) is 18.5 Å². The van der Waals surface area contributed by atoms with Gasteiger partial charge in [0.1, 0.15) is 31.1 Å². The van der Waals surface area contributed by atoms with E-state index >= 15 is 4.39 Å². The number of aromatic nitrogens is 3. The van der Waals surface area contributed by atoms with Crippen molar-refractivity contribution in [1.29, 1.82) is 0 Å². The second kappa shape index (κ2) is 14.7. The maximum absolute atomic E-state index is 16.7. The Morgan fingerprint density at radius 2 is 1.67 bits per heavy atom. The normalized spacial score (nSPS) is 15.7. The molecule has 15 heteroatoms. The van der Waals surface area contributed by atoms with E-state index in [9.17, 15) is 19.5 Å². The average Bonchev–Trinajstić information content (AvgIpc) is 3.35. The van der Waals surface area contributed by atoms with Crippen LogP contribution in [0.25, 0.3) is 5.52 Å². The molecule has 42 heavy (non-hydrogen) atoms. The highest BCUT2D eigenvalue weighted by Crippen LogP contribution is 2.36. The number of nitrogens with two attached hydrogens (primary N) is 1. The number of fused-ring (bicyclic) bond motifs is 1. The van der Waals surface area contributed by atoms with Crippen molar-refractivity contribution in [3.63, 3.8) is 0 Å². The van der Waals surface area contributed by atoms with E-state index in [0.717, 1.165) is 7.11 Å². The van der Waals surface area contributed by atoms with Crippen molar-refractivity contribution in [2.75, 3.05) is 32.8 Å². The van der Waals surface area contributed by atoms with Crippen LogP contribution in [0.4, 0.5) is 10.2 Å². The number of hydrogen-bond donors (Lipinski definition) is 3. The van der Waals surface area contributed by atoms with Crippen LogP contribution in [-0.2, 0) is 38.1 Å². The number of aliphatic hydroxyl groups is 1. The maximum Gasteiger partial charge on any atom is 0.323 e. The van der Waals surface area contributed by atoms with Gasteiger partial charge < -0.3 is 34.5 Å². The summed E-state index contributed by atoms with van der Waals surface area (Å²) in [7, 11) is 1.04. The molecule has 0 aromatic carbocycles. The van der Waals surface area contributed by atoms with Gasteiger partial charge in [-0.3, -0.25) is 19.7 Å². The number of esters is 3. The van der Waals surface area contributed by atoms with Crippen LogP contribution in [0.3, 0.4) is 0 Å². The quantitative estimate of drug-likeness (QED) is 0.110. The first-order chi connectivity index (χ1) is 19.5. The minimum Gasteiger partial charge on any atom is -0.461 e. The number of alkyl halides is 1. The molecule has 1 unspecified atom stereocenters. The lowest BCUT2D eigenvalue weighted by molar-refractivity contribution is -0.258. The van der Waals surface area contributed by atoms with Crippen LogP contribution in [0.5, 0.6) is 0 Å². The summed E-state index contributed by atoms with van der Waals surface area (Å²) in [4.78, 5) is 41.7. The summed E-state index contributed by atoms with van der Waals surface area (Å²) in [6, 6.07) is 2.18. The molecule has 2 rings (SSSR count). The first-order valence-corrected chi connectivity index (χ1v) is 13.4. The molecule has 0 bridgehead atoms. The molecule has 0 fully saturated rings. The van der Waals surface area contributed by atoms with Gasteiger partial charge in [0.2, 0.25) is 6.10 Å². The van der Waals surface area contributed by atoms with Crippen molar-refractivity contribution in [2.24, 2.45) is 11.8 Å². The number of halogens is 1. The lowest BCUT2D eigenvalue weighted by Crippen LogP contribution is -2.52. The van der Waals surface area contributed by atoms with Crippen molar-refractivity contribution in [1.82, 2.24) is 19.9 Å². The predicted octanol–water partition coefficient (Wildman–Crippen LogP) is 1.70. The minimum absolute atomic E-state index is 0.115. The van der Waals surface area contributed by atoms with Crippen LogP contribution in [0.2, 0.25) is 0 Å². The van der Waals surface area contributed by atoms with Crippen LogP contribution in [0.1, 0.15) is 60.3 Å². The van der Waals surface area contributed by atoms with E-state index in [0.29, 0.717) is 5.52 Å². The van der Waals surface area contributed by atoms with Crippen LogP contribution < -0.4 is 11.1 Å². The number of nitrogens with one attached hydrogen (secondary N) is 1. The molecule has 0 amide bonds. The van der Waals surface area contributed by atoms with Gasteiger partial charge in [0, 0.05) is 7.11 Å². The second-order valence-electron chi connectivity index (χ2n) is 11.1. The Labute approximate surface area is 244 Å². The molecule has 0 aliphatic carbocycles. The minimum atomic E-state index is -2.86. The maximum atomic E-state index is 16.7. The summed E-state index contributed by atoms with van der Waals surface area (Å²) < 4.78 is 45.0. The third-order valence-corrected chi connectivity index (χ3v) is 5.98. The van der Waals surface area contributed by atoms with Crippen molar-refractivity contribution in [3.05, 3.63) is 24.2 Å². The lowest BCUT2D eigenvalue weighted by Gasteiger charge is -2.36. The van der Waals surface area contributed by atoms with Gasteiger partial charge in [-0.1, -0.05) is 27.7 Å². The highest BCUT2D eigenvalue weighted by molar-refractivity contribution is 5.75. The smallest absolute Gasteiger partial charge is 0.323 e. The standard InChI is InChI=1S/C27H42FN5O9/c1-15(2)23(34)41-20(18-9-10-19-22(29)30-13-32-33(18)19)21(42-24(35)16(3)4)27(28,38-8)12-39-14-31-17(5)25(36)40-11-26(6,7)37/h9-10,13,15-17,20-21,31,37H,11-12,14H2,1-8H3,(H2,29,30,32)/t17-,20-,21-,27?/m0/s1.